The number of hydrogen-bond acceptors (Lipinski definition) is 3. The van der Waals surface area contributed by atoms with E-state index in [-0.39, 0.29) is 11.3 Å². The molecule has 0 bridgehead atoms. The number of anilines is 1. The van der Waals surface area contributed by atoms with Crippen LogP contribution in [0.15, 0.2) is 36.4 Å². The van der Waals surface area contributed by atoms with Crippen LogP contribution in [0.4, 0.5) is 20.2 Å². The number of nitrogens with one attached hydrogen (secondary N) is 1. The summed E-state index contributed by atoms with van der Waals surface area (Å²) in [6, 6.07) is 6.98. The molecule has 0 saturated heterocycles. The van der Waals surface area contributed by atoms with Gasteiger partial charge < -0.3 is 5.32 Å². The number of aryl methyl sites for hydroxylation is 1. The maximum absolute atomic E-state index is 13.6. The summed E-state index contributed by atoms with van der Waals surface area (Å²) < 4.78 is 27.0. The molecule has 7 heteroatoms. The fourth-order valence-electron chi connectivity index (χ4n) is 1.74. The maximum Gasteiger partial charge on any atom is 0.304 e. The number of amides is 1. The van der Waals surface area contributed by atoms with Gasteiger partial charge in [-0.3, -0.25) is 14.9 Å². The Morgan fingerprint density at radius 1 is 1.14 bits per heavy atom. The molecule has 0 aliphatic heterocycles. The molecule has 0 unspecified atom stereocenters. The molecule has 0 spiro atoms. The van der Waals surface area contributed by atoms with Crippen molar-refractivity contribution in [2.75, 3.05) is 5.32 Å². The van der Waals surface area contributed by atoms with E-state index in [1.807, 2.05) is 0 Å². The number of benzene rings is 2. The third-order valence-corrected chi connectivity index (χ3v) is 2.77. The van der Waals surface area contributed by atoms with Crippen LogP contribution in [0.3, 0.4) is 0 Å². The first kappa shape index (κ1) is 14.6. The largest absolute Gasteiger partial charge is 0.322 e. The molecular formula is C14H10F2N2O3. The molecule has 0 radical (unpaired) electrons. The molecule has 5 nitrogen and oxygen atoms in total. The summed E-state index contributed by atoms with van der Waals surface area (Å²) in [4.78, 5) is 21.5. The van der Waals surface area contributed by atoms with Gasteiger partial charge in [0.1, 0.15) is 5.82 Å². The van der Waals surface area contributed by atoms with E-state index in [1.165, 1.54) is 18.2 Å². The van der Waals surface area contributed by atoms with Crippen LogP contribution in [0.25, 0.3) is 0 Å². The lowest BCUT2D eigenvalue weighted by atomic mass is 10.1. The van der Waals surface area contributed by atoms with Crippen LogP contribution in [-0.4, -0.2) is 10.8 Å². The van der Waals surface area contributed by atoms with E-state index < -0.39 is 28.2 Å². The van der Waals surface area contributed by atoms with Gasteiger partial charge in [0.25, 0.3) is 5.91 Å². The van der Waals surface area contributed by atoms with Crippen LogP contribution < -0.4 is 5.32 Å². The van der Waals surface area contributed by atoms with Crippen molar-refractivity contribution in [3.8, 4) is 0 Å². The predicted molar refractivity (Wildman–Crippen MR) is 72.1 cm³/mol. The standard InChI is InChI=1S/C14H10F2N2O3/c1-8-2-4-10(11(15)6-8)14(19)17-9-3-5-13(18(20)21)12(16)7-9/h2-7H,1H3,(H,17,19). The van der Waals surface area contributed by atoms with Gasteiger partial charge in [0.15, 0.2) is 0 Å². The molecule has 0 heterocycles. The molecule has 0 aliphatic rings. The highest BCUT2D eigenvalue weighted by Crippen LogP contribution is 2.21. The third-order valence-electron chi connectivity index (χ3n) is 2.77. The van der Waals surface area contributed by atoms with E-state index >= 15 is 0 Å². The van der Waals surface area contributed by atoms with Gasteiger partial charge >= 0.3 is 5.69 Å². The minimum absolute atomic E-state index is 0.00285. The zero-order valence-electron chi connectivity index (χ0n) is 10.9. The second-order valence-corrected chi connectivity index (χ2v) is 4.36. The summed E-state index contributed by atoms with van der Waals surface area (Å²) in [6.07, 6.45) is 0. The van der Waals surface area contributed by atoms with Gasteiger partial charge in [0.2, 0.25) is 5.82 Å². The topological polar surface area (TPSA) is 72.2 Å². The molecule has 0 fully saturated rings. The molecule has 0 atom stereocenters. The van der Waals surface area contributed by atoms with Crippen LogP contribution in [0.1, 0.15) is 15.9 Å². The van der Waals surface area contributed by atoms with Crippen molar-refractivity contribution in [2.45, 2.75) is 6.92 Å². The molecular weight excluding hydrogens is 282 g/mol. The predicted octanol–water partition coefficient (Wildman–Crippen LogP) is 3.43. The fourth-order valence-corrected chi connectivity index (χ4v) is 1.74. The Bertz CT molecular complexity index is 732. The summed E-state index contributed by atoms with van der Waals surface area (Å²) in [5.74, 6) is -2.54. The van der Waals surface area contributed by atoms with E-state index in [1.54, 1.807) is 13.0 Å². The first-order valence-corrected chi connectivity index (χ1v) is 5.90. The van der Waals surface area contributed by atoms with E-state index in [4.69, 9.17) is 0 Å². The molecule has 108 valence electrons. The van der Waals surface area contributed by atoms with E-state index in [0.29, 0.717) is 5.56 Å². The van der Waals surface area contributed by atoms with Gasteiger partial charge in [-0.25, -0.2) is 4.39 Å². The Hall–Kier alpha value is -2.83. The molecule has 0 aromatic heterocycles. The summed E-state index contributed by atoms with van der Waals surface area (Å²) in [5.41, 5.74) is -0.234. The first-order valence-electron chi connectivity index (χ1n) is 5.90. The molecule has 1 N–H and O–H groups in total. The van der Waals surface area contributed by atoms with Crippen molar-refractivity contribution in [3.05, 3.63) is 69.3 Å². The van der Waals surface area contributed by atoms with Gasteiger partial charge in [-0.15, -0.1) is 0 Å². The highest BCUT2D eigenvalue weighted by Gasteiger charge is 2.16. The Kier molecular flexibility index (Phi) is 3.93. The average molecular weight is 292 g/mol. The Labute approximate surface area is 118 Å². The van der Waals surface area contributed by atoms with Crippen molar-refractivity contribution < 1.29 is 18.5 Å². The maximum atomic E-state index is 13.6. The lowest BCUT2D eigenvalue weighted by Gasteiger charge is -2.07. The molecule has 2 rings (SSSR count). The third kappa shape index (κ3) is 3.19. The van der Waals surface area contributed by atoms with Crippen molar-refractivity contribution in [3.63, 3.8) is 0 Å². The lowest BCUT2D eigenvalue weighted by Crippen LogP contribution is -2.14. The minimum Gasteiger partial charge on any atom is -0.322 e. The highest BCUT2D eigenvalue weighted by molar-refractivity contribution is 6.04. The Morgan fingerprint density at radius 3 is 2.43 bits per heavy atom. The first-order chi connectivity index (χ1) is 9.88. The van der Waals surface area contributed by atoms with Gasteiger partial charge in [0.05, 0.1) is 10.5 Å². The van der Waals surface area contributed by atoms with E-state index in [2.05, 4.69) is 5.32 Å². The normalized spacial score (nSPS) is 10.2. The summed E-state index contributed by atoms with van der Waals surface area (Å²) in [6.45, 7) is 1.68. The number of carbonyl (C=O) groups excluding carboxylic acids is 1. The second kappa shape index (κ2) is 5.66. The number of rotatable bonds is 3. The average Bonchev–Trinajstić information content (AvgIpc) is 2.37. The fraction of sp³-hybridized carbons (Fsp3) is 0.0714. The number of nitro benzene ring substituents is 1. The number of hydrogen-bond donors (Lipinski definition) is 1. The summed E-state index contributed by atoms with van der Waals surface area (Å²) in [5, 5.41) is 12.8. The van der Waals surface area contributed by atoms with Crippen molar-refractivity contribution in [1.29, 1.82) is 0 Å². The minimum atomic E-state index is -1.08. The summed E-state index contributed by atoms with van der Waals surface area (Å²) >= 11 is 0. The van der Waals surface area contributed by atoms with Gasteiger partial charge in [-0.05, 0) is 30.7 Å². The van der Waals surface area contributed by atoms with Crippen LogP contribution in [0.5, 0.6) is 0 Å². The van der Waals surface area contributed by atoms with Crippen LogP contribution in [0, 0.1) is 28.7 Å². The molecule has 2 aromatic carbocycles. The van der Waals surface area contributed by atoms with Gasteiger partial charge in [-0.1, -0.05) is 6.07 Å². The van der Waals surface area contributed by atoms with Crippen molar-refractivity contribution >= 4 is 17.3 Å². The van der Waals surface area contributed by atoms with E-state index in [9.17, 15) is 23.7 Å². The molecule has 1 amide bonds. The van der Waals surface area contributed by atoms with Crippen molar-refractivity contribution in [1.82, 2.24) is 0 Å². The SMILES string of the molecule is Cc1ccc(C(=O)Nc2ccc([N+](=O)[O-])c(F)c2)c(F)c1. The monoisotopic (exact) mass is 292 g/mol. The number of nitrogens with zero attached hydrogens (tertiary/aromatic N) is 1. The zero-order chi connectivity index (χ0) is 15.6. The van der Waals surface area contributed by atoms with Crippen LogP contribution in [-0.2, 0) is 0 Å². The lowest BCUT2D eigenvalue weighted by molar-refractivity contribution is -0.387. The number of carbonyl (C=O) groups is 1. The van der Waals surface area contributed by atoms with Crippen LogP contribution >= 0.6 is 0 Å². The number of nitro groups is 1. The molecule has 0 saturated carbocycles. The number of halogens is 2. The van der Waals surface area contributed by atoms with Gasteiger partial charge in [-0.2, -0.15) is 4.39 Å². The zero-order valence-corrected chi connectivity index (χ0v) is 10.9. The van der Waals surface area contributed by atoms with E-state index in [0.717, 1.165) is 12.1 Å². The Morgan fingerprint density at radius 2 is 1.86 bits per heavy atom. The van der Waals surface area contributed by atoms with Crippen molar-refractivity contribution in [2.24, 2.45) is 0 Å². The second-order valence-electron chi connectivity index (χ2n) is 4.36. The quantitative estimate of drug-likeness (QED) is 0.695. The van der Waals surface area contributed by atoms with Crippen LogP contribution in [0.2, 0.25) is 0 Å². The molecule has 21 heavy (non-hydrogen) atoms. The Balaban J connectivity index is 2.23. The molecule has 2 aromatic rings. The smallest absolute Gasteiger partial charge is 0.304 e. The highest BCUT2D eigenvalue weighted by atomic mass is 19.1. The molecule has 0 aliphatic carbocycles. The van der Waals surface area contributed by atoms with Gasteiger partial charge in [0, 0.05) is 17.8 Å². The summed E-state index contributed by atoms with van der Waals surface area (Å²) in [7, 11) is 0.